The summed E-state index contributed by atoms with van der Waals surface area (Å²) in [5, 5.41) is 19.1. The van der Waals surface area contributed by atoms with Crippen LogP contribution >= 0.6 is 11.3 Å². The van der Waals surface area contributed by atoms with Crippen molar-refractivity contribution in [3.05, 3.63) is 82.8 Å². The molecule has 0 spiro atoms. The van der Waals surface area contributed by atoms with E-state index in [0.29, 0.717) is 42.9 Å². The second kappa shape index (κ2) is 17.1. The van der Waals surface area contributed by atoms with Gasteiger partial charge in [0.05, 0.1) is 36.6 Å². The van der Waals surface area contributed by atoms with Crippen LogP contribution in [0.5, 0.6) is 5.75 Å². The third kappa shape index (κ3) is 9.77. The Kier molecular flexibility index (Phi) is 13.0. The van der Waals surface area contributed by atoms with Gasteiger partial charge in [-0.05, 0) is 77.7 Å². The van der Waals surface area contributed by atoms with Crippen LogP contribution in [0.1, 0.15) is 37.2 Å². The first kappa shape index (κ1) is 34.9. The SMILES string of the molecule is COc1ccc(S(=O)(=O)N(CCO)CCO[C@@H]2C[C@H](c3ccsc3)C=C(C(=O)NCCCCC(=O)Nc3ccccc3N)O2)cc1. The van der Waals surface area contributed by atoms with Crippen LogP contribution in [0, 0.1) is 0 Å². The van der Waals surface area contributed by atoms with Gasteiger partial charge >= 0.3 is 0 Å². The van der Waals surface area contributed by atoms with Gasteiger partial charge in [0, 0.05) is 38.4 Å². The zero-order chi connectivity index (χ0) is 32.9. The highest BCUT2D eigenvalue weighted by Gasteiger charge is 2.30. The van der Waals surface area contributed by atoms with Crippen molar-refractivity contribution in [1.29, 1.82) is 0 Å². The number of aliphatic hydroxyl groups is 1. The number of benzene rings is 2. The number of nitrogen functional groups attached to an aromatic ring is 1. The van der Waals surface area contributed by atoms with Crippen LogP contribution in [-0.2, 0) is 29.1 Å². The third-order valence-electron chi connectivity index (χ3n) is 7.29. The van der Waals surface area contributed by atoms with Crippen molar-refractivity contribution in [2.75, 3.05) is 51.0 Å². The van der Waals surface area contributed by atoms with Crippen LogP contribution < -0.4 is 21.1 Å². The van der Waals surface area contributed by atoms with Gasteiger partial charge in [0.2, 0.25) is 22.2 Å². The molecule has 3 aromatic rings. The van der Waals surface area contributed by atoms with Crippen LogP contribution in [0.4, 0.5) is 11.4 Å². The number of thiophene rings is 1. The Labute approximate surface area is 273 Å². The van der Waals surface area contributed by atoms with Gasteiger partial charge < -0.3 is 35.7 Å². The summed E-state index contributed by atoms with van der Waals surface area (Å²) < 4.78 is 44.6. The average Bonchev–Trinajstić information content (AvgIpc) is 3.60. The van der Waals surface area contributed by atoms with E-state index in [4.69, 9.17) is 19.9 Å². The molecule has 2 amide bonds. The Balaban J connectivity index is 1.29. The van der Waals surface area contributed by atoms with Crippen LogP contribution in [0.3, 0.4) is 0 Å². The summed E-state index contributed by atoms with van der Waals surface area (Å²) in [5.41, 5.74) is 7.95. The minimum Gasteiger partial charge on any atom is -0.497 e. The van der Waals surface area contributed by atoms with Crippen LogP contribution in [-0.4, -0.2) is 75.9 Å². The summed E-state index contributed by atoms with van der Waals surface area (Å²) in [6.07, 6.45) is 2.81. The second-order valence-electron chi connectivity index (χ2n) is 10.5. The predicted octanol–water partition coefficient (Wildman–Crippen LogP) is 3.68. The van der Waals surface area contributed by atoms with Gasteiger partial charge in [-0.25, -0.2) is 8.42 Å². The number of aliphatic hydroxyl groups excluding tert-OH is 1. The van der Waals surface area contributed by atoms with Gasteiger partial charge in [-0.1, -0.05) is 12.1 Å². The molecule has 1 aromatic heterocycles. The Bertz CT molecular complexity index is 1560. The summed E-state index contributed by atoms with van der Waals surface area (Å²) in [7, 11) is -2.41. The fraction of sp³-hybridized carbons (Fsp3) is 0.375. The van der Waals surface area contributed by atoms with Gasteiger partial charge in [0.25, 0.3) is 5.91 Å². The van der Waals surface area contributed by atoms with Crippen molar-refractivity contribution in [3.8, 4) is 5.75 Å². The fourth-order valence-electron chi connectivity index (χ4n) is 4.81. The van der Waals surface area contributed by atoms with Crippen molar-refractivity contribution in [1.82, 2.24) is 9.62 Å². The molecule has 0 fully saturated rings. The summed E-state index contributed by atoms with van der Waals surface area (Å²) in [6, 6.07) is 15.0. The molecular formula is C32H40N4O8S2. The number of hydrogen-bond donors (Lipinski definition) is 4. The lowest BCUT2D eigenvalue weighted by atomic mass is 9.95. The van der Waals surface area contributed by atoms with E-state index in [0.717, 1.165) is 9.87 Å². The Morgan fingerprint density at radius 1 is 1.11 bits per heavy atom. The molecule has 0 aliphatic carbocycles. The maximum absolute atomic E-state index is 13.2. The number of nitrogens with one attached hydrogen (secondary N) is 2. The molecule has 12 nitrogen and oxygen atoms in total. The zero-order valence-corrected chi connectivity index (χ0v) is 27.2. The molecule has 2 heterocycles. The standard InChI is InChI=1S/C32H40N4O8S2/c1-42-25-9-11-26(12-10-25)46(40,41)36(15-17-37)16-18-43-31-21-24(23-13-19-45-22-23)20-29(44-31)32(39)34-14-5-4-8-30(38)35-28-7-3-2-6-27(28)33/h2-3,6-7,9-13,19-20,22,24,31,37H,4-5,8,14-18,21,33H2,1H3,(H,34,39)(H,35,38)/t24-,31+/m1/s1. The topological polar surface area (TPSA) is 170 Å². The van der Waals surface area contributed by atoms with Crippen molar-refractivity contribution >= 4 is 44.5 Å². The van der Waals surface area contributed by atoms with Crippen molar-refractivity contribution in [3.63, 3.8) is 0 Å². The number of sulfonamides is 1. The second-order valence-corrected chi connectivity index (χ2v) is 13.2. The van der Waals surface area contributed by atoms with E-state index < -0.39 is 22.2 Å². The number of nitrogens with zero attached hydrogens (tertiary/aromatic N) is 1. The predicted molar refractivity (Wildman–Crippen MR) is 176 cm³/mol. The van der Waals surface area contributed by atoms with Crippen molar-refractivity contribution in [2.24, 2.45) is 0 Å². The molecule has 2 atom stereocenters. The number of anilines is 2. The van der Waals surface area contributed by atoms with Gasteiger partial charge in [-0.15, -0.1) is 0 Å². The zero-order valence-electron chi connectivity index (χ0n) is 25.6. The van der Waals surface area contributed by atoms with E-state index >= 15 is 0 Å². The molecule has 0 radical (unpaired) electrons. The lowest BCUT2D eigenvalue weighted by Gasteiger charge is -2.30. The van der Waals surface area contributed by atoms with Crippen LogP contribution in [0.15, 0.2) is 82.1 Å². The highest BCUT2D eigenvalue weighted by atomic mass is 32.2. The molecule has 0 bridgehead atoms. The minimum atomic E-state index is -3.91. The van der Waals surface area contributed by atoms with E-state index in [1.165, 1.54) is 19.2 Å². The molecule has 4 rings (SSSR count). The number of carbonyl (C=O) groups excluding carboxylic acids is 2. The molecular weight excluding hydrogens is 633 g/mol. The van der Waals surface area contributed by atoms with Crippen molar-refractivity contribution in [2.45, 2.75) is 42.8 Å². The number of rotatable bonds is 17. The van der Waals surface area contributed by atoms with E-state index in [1.54, 1.807) is 53.8 Å². The molecule has 46 heavy (non-hydrogen) atoms. The molecule has 0 saturated heterocycles. The summed E-state index contributed by atoms with van der Waals surface area (Å²) >= 11 is 1.54. The minimum absolute atomic E-state index is 0.0258. The number of methoxy groups -OCH3 is 1. The first-order valence-corrected chi connectivity index (χ1v) is 17.3. The van der Waals surface area contributed by atoms with E-state index in [1.807, 2.05) is 16.8 Å². The number of carbonyl (C=O) groups is 2. The highest BCUT2D eigenvalue weighted by Crippen LogP contribution is 2.32. The molecule has 2 aromatic carbocycles. The lowest BCUT2D eigenvalue weighted by Crippen LogP contribution is -2.38. The quantitative estimate of drug-likeness (QED) is 0.123. The largest absolute Gasteiger partial charge is 0.497 e. The summed E-state index contributed by atoms with van der Waals surface area (Å²) in [6.45, 7) is -0.199. The Hall–Kier alpha value is -3.95. The van der Waals surface area contributed by atoms with Gasteiger partial charge in [-0.2, -0.15) is 15.6 Å². The maximum Gasteiger partial charge on any atom is 0.286 e. The maximum atomic E-state index is 13.2. The normalized spacial score (nSPS) is 16.4. The van der Waals surface area contributed by atoms with Gasteiger partial charge in [0.15, 0.2) is 5.76 Å². The van der Waals surface area contributed by atoms with Crippen molar-refractivity contribution < 1.29 is 37.3 Å². The fourth-order valence-corrected chi connectivity index (χ4v) is 6.95. The molecule has 0 saturated carbocycles. The average molecular weight is 673 g/mol. The molecule has 1 aliphatic heterocycles. The Morgan fingerprint density at radius 3 is 2.59 bits per heavy atom. The van der Waals surface area contributed by atoms with Crippen LogP contribution in [0.2, 0.25) is 0 Å². The van der Waals surface area contributed by atoms with E-state index in [2.05, 4.69) is 10.6 Å². The molecule has 248 valence electrons. The smallest absolute Gasteiger partial charge is 0.286 e. The number of ether oxygens (including phenoxy) is 3. The number of allylic oxidation sites excluding steroid dienone is 1. The molecule has 14 heteroatoms. The van der Waals surface area contributed by atoms with Gasteiger partial charge in [-0.3, -0.25) is 9.59 Å². The molecule has 0 unspecified atom stereocenters. The number of hydrogen-bond acceptors (Lipinski definition) is 10. The number of para-hydroxylation sites is 2. The number of amides is 2. The summed E-state index contributed by atoms with van der Waals surface area (Å²) in [4.78, 5) is 25.4. The number of nitrogens with two attached hydrogens (primary N) is 1. The molecule has 1 aliphatic rings. The van der Waals surface area contributed by atoms with Gasteiger partial charge in [0.1, 0.15) is 5.75 Å². The van der Waals surface area contributed by atoms with Crippen LogP contribution in [0.25, 0.3) is 0 Å². The number of unbranched alkanes of at least 4 members (excludes halogenated alkanes) is 1. The third-order valence-corrected chi connectivity index (χ3v) is 9.91. The molecule has 5 N–H and O–H groups in total. The van der Waals surface area contributed by atoms with E-state index in [-0.39, 0.29) is 55.2 Å². The first-order valence-electron chi connectivity index (χ1n) is 14.9. The van der Waals surface area contributed by atoms with E-state index in [9.17, 15) is 23.1 Å². The lowest BCUT2D eigenvalue weighted by molar-refractivity contribution is -0.146. The Morgan fingerprint density at radius 2 is 1.89 bits per heavy atom. The first-order chi connectivity index (χ1) is 22.2. The summed E-state index contributed by atoms with van der Waals surface area (Å²) in [5.74, 6) is -0.0653. The highest BCUT2D eigenvalue weighted by molar-refractivity contribution is 7.89. The monoisotopic (exact) mass is 672 g/mol.